The number of likely N-dealkylation sites (N-methyl/N-ethyl adjacent to an activating group) is 1. The largest absolute Gasteiger partial charge is 0.318 e. The van der Waals surface area contributed by atoms with Gasteiger partial charge < -0.3 is 5.73 Å². The molecule has 0 heterocycles. The predicted octanol–water partition coefficient (Wildman–Crippen LogP) is 7.36. The first-order valence-electron chi connectivity index (χ1n) is 12.8. The second-order valence-electron chi connectivity index (χ2n) is 9.80. The third-order valence-corrected chi connectivity index (χ3v) is 7.39. The van der Waals surface area contributed by atoms with Gasteiger partial charge in [-0.2, -0.15) is 0 Å². The van der Waals surface area contributed by atoms with Crippen molar-refractivity contribution in [1.29, 1.82) is 0 Å². The summed E-state index contributed by atoms with van der Waals surface area (Å²) in [6.45, 7) is 0.562. The second-order valence-corrected chi connectivity index (χ2v) is 9.80. The van der Waals surface area contributed by atoms with Gasteiger partial charge in [0.2, 0.25) is 0 Å². The Labute approximate surface area is 191 Å². The van der Waals surface area contributed by atoms with Gasteiger partial charge in [0.15, 0.2) is 0 Å². The molecule has 0 aliphatic heterocycles. The molecule has 0 amide bonds. The maximum Gasteiger partial charge on any atom is 0.0458 e. The fourth-order valence-electron chi connectivity index (χ4n) is 5.49. The number of benzene rings is 2. The van der Waals surface area contributed by atoms with Gasteiger partial charge in [-0.15, -0.1) is 0 Å². The van der Waals surface area contributed by atoms with Gasteiger partial charge in [0, 0.05) is 12.7 Å². The monoisotopic (exact) mass is 420 g/mol. The normalized spacial score (nSPS) is 18.9. The lowest BCUT2D eigenvalue weighted by molar-refractivity contribution is 0.244. The van der Waals surface area contributed by atoms with E-state index in [0.717, 1.165) is 18.3 Å². The van der Waals surface area contributed by atoms with Gasteiger partial charge in [0.05, 0.1) is 0 Å². The van der Waals surface area contributed by atoms with Crippen molar-refractivity contribution in [2.45, 2.75) is 83.1 Å². The number of nitrogens with zero attached hydrogens (tertiary/aromatic N) is 1. The Morgan fingerprint density at radius 2 is 1.23 bits per heavy atom. The molecule has 1 atom stereocenters. The standard InChI is InChI=1S/C16H20N2.C13H24/c1-18(13-17)16(15-10-6-3-7-11-15)12-14-8-4-2-5-9-14;1-3-7-12(8-4-1)11-13-9-5-2-6-10-13/h2-11,16H,12-13,17H2,1H3;12-13H,1-11H2. The summed E-state index contributed by atoms with van der Waals surface area (Å²) in [6.07, 6.45) is 17.9. The highest BCUT2D eigenvalue weighted by atomic mass is 15.2. The molecule has 2 aliphatic rings. The summed E-state index contributed by atoms with van der Waals surface area (Å²) in [4.78, 5) is 2.18. The van der Waals surface area contributed by atoms with E-state index in [1.807, 2.05) is 12.1 Å². The van der Waals surface area contributed by atoms with Crippen molar-refractivity contribution >= 4 is 0 Å². The fraction of sp³-hybridized carbons (Fsp3) is 0.586. The van der Waals surface area contributed by atoms with Gasteiger partial charge in [0.1, 0.15) is 0 Å². The van der Waals surface area contributed by atoms with Gasteiger partial charge in [-0.3, -0.25) is 4.90 Å². The molecule has 0 bridgehead atoms. The van der Waals surface area contributed by atoms with Crippen LogP contribution in [-0.2, 0) is 6.42 Å². The summed E-state index contributed by atoms with van der Waals surface area (Å²) in [5, 5.41) is 0. The average Bonchev–Trinajstić information content (AvgIpc) is 2.85. The van der Waals surface area contributed by atoms with Crippen LogP contribution in [0, 0.1) is 11.8 Å². The highest BCUT2D eigenvalue weighted by Gasteiger charge is 2.20. The Morgan fingerprint density at radius 3 is 1.71 bits per heavy atom. The summed E-state index contributed by atoms with van der Waals surface area (Å²) < 4.78 is 0. The van der Waals surface area contributed by atoms with E-state index in [0.29, 0.717) is 12.7 Å². The molecule has 1 unspecified atom stereocenters. The first-order chi connectivity index (χ1) is 15.3. The molecule has 2 saturated carbocycles. The number of hydrogen-bond acceptors (Lipinski definition) is 2. The molecule has 2 N–H and O–H groups in total. The SMILES string of the molecule is C1CCC(CC2CCCCC2)CC1.CN(CN)C(Cc1ccccc1)c1ccccc1. The maximum atomic E-state index is 5.79. The third kappa shape index (κ3) is 8.43. The highest BCUT2D eigenvalue weighted by molar-refractivity contribution is 5.23. The third-order valence-electron chi connectivity index (χ3n) is 7.39. The van der Waals surface area contributed by atoms with Crippen molar-refractivity contribution in [3.63, 3.8) is 0 Å². The predicted molar refractivity (Wildman–Crippen MR) is 134 cm³/mol. The molecule has 170 valence electrons. The zero-order valence-electron chi connectivity index (χ0n) is 19.7. The number of hydrogen-bond donors (Lipinski definition) is 1. The summed E-state index contributed by atoms with van der Waals surface area (Å²) in [7, 11) is 2.07. The van der Waals surface area contributed by atoms with Crippen LogP contribution in [0.3, 0.4) is 0 Å². The highest BCUT2D eigenvalue weighted by Crippen LogP contribution is 2.34. The molecule has 2 nitrogen and oxygen atoms in total. The van der Waals surface area contributed by atoms with E-state index in [4.69, 9.17) is 5.73 Å². The van der Waals surface area contributed by atoms with Crippen molar-refractivity contribution in [3.8, 4) is 0 Å². The van der Waals surface area contributed by atoms with Crippen LogP contribution in [-0.4, -0.2) is 18.6 Å². The van der Waals surface area contributed by atoms with Gasteiger partial charge in [-0.05, 0) is 42.9 Å². The molecule has 0 aromatic heterocycles. The molecular weight excluding hydrogens is 376 g/mol. The van der Waals surface area contributed by atoms with E-state index in [1.165, 1.54) is 49.7 Å². The average molecular weight is 421 g/mol. The molecule has 2 aromatic rings. The minimum atomic E-state index is 0.332. The first-order valence-corrected chi connectivity index (χ1v) is 12.8. The van der Waals surface area contributed by atoms with Crippen LogP contribution < -0.4 is 5.73 Å². The Bertz CT molecular complexity index is 671. The van der Waals surface area contributed by atoms with E-state index in [9.17, 15) is 0 Å². The quantitative estimate of drug-likeness (QED) is 0.474. The Morgan fingerprint density at radius 1 is 0.742 bits per heavy atom. The molecule has 2 aliphatic carbocycles. The number of rotatable bonds is 7. The minimum Gasteiger partial charge on any atom is -0.318 e. The Kier molecular flexibility index (Phi) is 10.6. The first kappa shape index (κ1) is 24.0. The molecule has 0 radical (unpaired) electrons. The van der Waals surface area contributed by atoms with Crippen molar-refractivity contribution in [2.24, 2.45) is 17.6 Å². The Balaban J connectivity index is 0.000000185. The van der Waals surface area contributed by atoms with Crippen molar-refractivity contribution in [3.05, 3.63) is 71.8 Å². The summed E-state index contributed by atoms with van der Waals surface area (Å²) in [5.74, 6) is 2.24. The fourth-order valence-corrected chi connectivity index (χ4v) is 5.49. The van der Waals surface area contributed by atoms with Gasteiger partial charge in [0.25, 0.3) is 0 Å². The van der Waals surface area contributed by atoms with Crippen molar-refractivity contribution < 1.29 is 0 Å². The van der Waals surface area contributed by atoms with Crippen LogP contribution >= 0.6 is 0 Å². The molecule has 2 aromatic carbocycles. The molecule has 2 fully saturated rings. The lowest BCUT2D eigenvalue weighted by Crippen LogP contribution is -2.31. The van der Waals surface area contributed by atoms with Gasteiger partial charge in [-0.25, -0.2) is 0 Å². The van der Waals surface area contributed by atoms with Crippen LogP contribution in [0.1, 0.15) is 87.8 Å². The summed E-state index contributed by atoms with van der Waals surface area (Å²) in [5.41, 5.74) is 8.44. The minimum absolute atomic E-state index is 0.332. The summed E-state index contributed by atoms with van der Waals surface area (Å²) >= 11 is 0. The molecule has 4 rings (SSSR count). The van der Waals surface area contributed by atoms with Crippen molar-refractivity contribution in [2.75, 3.05) is 13.7 Å². The zero-order valence-corrected chi connectivity index (χ0v) is 19.7. The Hall–Kier alpha value is -1.64. The van der Waals surface area contributed by atoms with Crippen LogP contribution in [0.15, 0.2) is 60.7 Å². The van der Waals surface area contributed by atoms with E-state index in [-0.39, 0.29) is 0 Å². The molecule has 0 saturated heterocycles. The molecular formula is C29H44N2. The lowest BCUT2D eigenvalue weighted by atomic mass is 9.78. The van der Waals surface area contributed by atoms with E-state index in [2.05, 4.69) is 60.5 Å². The summed E-state index contributed by atoms with van der Waals surface area (Å²) in [6, 6.07) is 21.4. The van der Waals surface area contributed by atoms with E-state index < -0.39 is 0 Å². The lowest BCUT2D eigenvalue weighted by Gasteiger charge is -2.28. The molecule has 0 spiro atoms. The van der Waals surface area contributed by atoms with Crippen LogP contribution in [0.5, 0.6) is 0 Å². The van der Waals surface area contributed by atoms with Gasteiger partial charge >= 0.3 is 0 Å². The second kappa shape index (κ2) is 13.7. The van der Waals surface area contributed by atoms with Crippen LogP contribution in [0.2, 0.25) is 0 Å². The zero-order chi connectivity index (χ0) is 21.7. The molecule has 2 heteroatoms. The topological polar surface area (TPSA) is 29.3 Å². The van der Waals surface area contributed by atoms with Crippen molar-refractivity contribution in [1.82, 2.24) is 4.90 Å². The number of nitrogens with two attached hydrogens (primary N) is 1. The van der Waals surface area contributed by atoms with E-state index >= 15 is 0 Å². The van der Waals surface area contributed by atoms with Crippen LogP contribution in [0.25, 0.3) is 0 Å². The van der Waals surface area contributed by atoms with Gasteiger partial charge in [-0.1, -0.05) is 125 Å². The maximum absolute atomic E-state index is 5.79. The van der Waals surface area contributed by atoms with Crippen LogP contribution in [0.4, 0.5) is 0 Å². The molecule has 31 heavy (non-hydrogen) atoms. The smallest absolute Gasteiger partial charge is 0.0458 e. The van der Waals surface area contributed by atoms with E-state index in [1.54, 1.807) is 32.1 Å².